The predicted molar refractivity (Wildman–Crippen MR) is 56.4 cm³/mol. The van der Waals surface area contributed by atoms with Crippen molar-refractivity contribution in [2.45, 2.75) is 13.8 Å². The summed E-state index contributed by atoms with van der Waals surface area (Å²) in [4.78, 5) is 0. The summed E-state index contributed by atoms with van der Waals surface area (Å²) in [7, 11) is 0. The number of nitrogens with zero attached hydrogens (tertiary/aromatic N) is 1. The van der Waals surface area contributed by atoms with Gasteiger partial charge in [0.1, 0.15) is 0 Å². The molecule has 0 saturated carbocycles. The first-order valence-electron chi connectivity index (χ1n) is 4.33. The molecule has 0 aromatic carbocycles. The average Bonchev–Trinajstić information content (AvgIpc) is 2.10. The van der Waals surface area contributed by atoms with E-state index in [2.05, 4.69) is 32.3 Å². The van der Waals surface area contributed by atoms with Gasteiger partial charge in [-0.1, -0.05) is 50.8 Å². The first kappa shape index (κ1) is 16.3. The summed E-state index contributed by atoms with van der Waals surface area (Å²) >= 11 is 0. The topological polar surface area (TPSA) is 14.1 Å². The third-order valence-corrected chi connectivity index (χ3v) is 1.71. The Morgan fingerprint density at radius 1 is 1.54 bits per heavy atom. The molecular weight excluding hydrogens is 185 g/mol. The summed E-state index contributed by atoms with van der Waals surface area (Å²) in [6.07, 6.45) is 5.66. The van der Waals surface area contributed by atoms with Crippen LogP contribution >= 0.6 is 0 Å². The molecule has 0 rings (SSSR count). The van der Waals surface area contributed by atoms with Gasteiger partial charge in [0.2, 0.25) is 0 Å². The van der Waals surface area contributed by atoms with Crippen molar-refractivity contribution in [3.8, 4) is 0 Å². The number of rotatable bonds is 6. The molecule has 0 aliphatic heterocycles. The Balaban J connectivity index is 0. The molecule has 0 aliphatic rings. The smallest absolute Gasteiger partial charge is 0.662 e. The first-order chi connectivity index (χ1) is 5.72. The van der Waals surface area contributed by atoms with E-state index in [1.807, 2.05) is 12.2 Å². The van der Waals surface area contributed by atoms with Crippen LogP contribution in [0.3, 0.4) is 0 Å². The van der Waals surface area contributed by atoms with E-state index in [9.17, 15) is 0 Å². The predicted octanol–water partition coefficient (Wildman–Crippen LogP) is 0.318. The van der Waals surface area contributed by atoms with E-state index in [1.165, 1.54) is 0 Å². The van der Waals surface area contributed by atoms with Crippen LogP contribution in [0.15, 0.2) is 37.0 Å². The minimum absolute atomic E-state index is 0. The summed E-state index contributed by atoms with van der Waals surface area (Å²) in [5.41, 5.74) is 1.12. The van der Waals surface area contributed by atoms with Gasteiger partial charge in [-0.15, -0.1) is 6.54 Å². The minimum atomic E-state index is 0. The third-order valence-electron chi connectivity index (χ3n) is 1.71. The van der Waals surface area contributed by atoms with Gasteiger partial charge < -0.3 is 5.32 Å². The third kappa shape index (κ3) is 9.13. The second-order valence-corrected chi connectivity index (χ2v) is 2.79. The van der Waals surface area contributed by atoms with Gasteiger partial charge in [0, 0.05) is 0 Å². The molecule has 1 nitrogen and oxygen atoms in total. The molecule has 1 atom stereocenters. The van der Waals surface area contributed by atoms with Crippen LogP contribution < -0.4 is 51.4 Å². The summed E-state index contributed by atoms with van der Waals surface area (Å²) < 4.78 is 0. The molecule has 0 amide bonds. The summed E-state index contributed by atoms with van der Waals surface area (Å²) in [5, 5.41) is 4.28. The second-order valence-electron chi connectivity index (χ2n) is 2.79. The summed E-state index contributed by atoms with van der Waals surface area (Å²) in [6.45, 7) is 13.5. The van der Waals surface area contributed by atoms with Crippen molar-refractivity contribution in [3.05, 3.63) is 42.3 Å². The monoisotopic (exact) mass is 203 g/mol. The van der Waals surface area contributed by atoms with Gasteiger partial charge >= 0.3 is 51.4 Å². The Kier molecular flexibility index (Phi) is 13.6. The average molecular weight is 203 g/mol. The molecule has 13 heavy (non-hydrogen) atoms. The van der Waals surface area contributed by atoms with Gasteiger partial charge in [-0.25, -0.2) is 0 Å². The fraction of sp³-hybridized carbons (Fsp3) is 0.455. The maximum atomic E-state index is 4.28. The quantitative estimate of drug-likeness (QED) is 0.436. The van der Waals surface area contributed by atoms with Gasteiger partial charge in [0.25, 0.3) is 0 Å². The zero-order valence-electron chi connectivity index (χ0n) is 9.09. The van der Waals surface area contributed by atoms with Crippen molar-refractivity contribution in [2.24, 2.45) is 5.92 Å². The molecule has 0 aromatic heterocycles. The molecule has 0 bridgehead atoms. The van der Waals surface area contributed by atoms with Crippen LogP contribution in [0.2, 0.25) is 0 Å². The van der Waals surface area contributed by atoms with Crippen LogP contribution in [0.4, 0.5) is 0 Å². The number of hydrogen-bond acceptors (Lipinski definition) is 0. The van der Waals surface area contributed by atoms with E-state index < -0.39 is 0 Å². The summed E-state index contributed by atoms with van der Waals surface area (Å²) in [5.74, 6) is 0.446. The van der Waals surface area contributed by atoms with E-state index in [-0.39, 0.29) is 51.4 Å². The van der Waals surface area contributed by atoms with Gasteiger partial charge in [-0.3, -0.25) is 0 Å². The Morgan fingerprint density at radius 3 is 2.62 bits per heavy atom. The Labute approximate surface area is 125 Å². The van der Waals surface area contributed by atoms with Gasteiger partial charge in [-0.05, 0) is 5.92 Å². The molecular formula is C11H18KN. The molecule has 0 aromatic rings. The molecule has 0 spiro atoms. The molecule has 0 N–H and O–H groups in total. The largest absolute Gasteiger partial charge is 1.00 e. The second kappa shape index (κ2) is 10.9. The van der Waals surface area contributed by atoms with Crippen LogP contribution in [-0.4, -0.2) is 13.1 Å². The fourth-order valence-corrected chi connectivity index (χ4v) is 0.796. The van der Waals surface area contributed by atoms with Crippen LogP contribution in [0.1, 0.15) is 13.8 Å². The fourth-order valence-electron chi connectivity index (χ4n) is 0.796. The van der Waals surface area contributed by atoms with E-state index in [0.717, 1.165) is 18.7 Å². The Bertz CT molecular complexity index is 173. The van der Waals surface area contributed by atoms with Gasteiger partial charge in [-0.2, -0.15) is 6.54 Å². The zero-order chi connectivity index (χ0) is 9.40. The summed E-state index contributed by atoms with van der Waals surface area (Å²) in [6, 6.07) is 0. The number of allylic oxidation sites excluding steroid dienone is 3. The maximum absolute atomic E-state index is 4.28. The number of hydrogen-bond donors (Lipinski definition) is 0. The SMILES string of the molecule is C=C/C=C\C(=C)C(C)C[N-]CC.[K+]. The molecule has 2 heteroatoms. The van der Waals surface area contributed by atoms with Crippen LogP contribution in [0, 0.1) is 5.92 Å². The van der Waals surface area contributed by atoms with Crippen LogP contribution in [0.25, 0.3) is 5.32 Å². The molecule has 0 aliphatic carbocycles. The van der Waals surface area contributed by atoms with Crippen molar-refractivity contribution < 1.29 is 51.4 Å². The molecule has 0 saturated heterocycles. The van der Waals surface area contributed by atoms with Crippen molar-refractivity contribution >= 4 is 0 Å². The van der Waals surface area contributed by atoms with E-state index in [0.29, 0.717) is 5.92 Å². The van der Waals surface area contributed by atoms with Crippen molar-refractivity contribution in [3.63, 3.8) is 0 Å². The van der Waals surface area contributed by atoms with Gasteiger partial charge in [0.15, 0.2) is 0 Å². The zero-order valence-corrected chi connectivity index (χ0v) is 12.2. The standard InChI is InChI=1S/C11H18N.K/c1-5-7-8-10(3)11(4)9-12-6-2;/h5,7-8,11H,1,3,6,9H2,2,4H3;/q-1;+1/b8-7-;. The Hall–Kier alpha value is 0.816. The van der Waals surface area contributed by atoms with E-state index in [1.54, 1.807) is 6.08 Å². The minimum Gasteiger partial charge on any atom is -0.662 e. The Morgan fingerprint density at radius 2 is 2.15 bits per heavy atom. The van der Waals surface area contributed by atoms with E-state index in [4.69, 9.17) is 0 Å². The molecule has 1 unspecified atom stereocenters. The maximum Gasteiger partial charge on any atom is 1.00 e. The molecule has 0 heterocycles. The van der Waals surface area contributed by atoms with Crippen LogP contribution in [0.5, 0.6) is 0 Å². The van der Waals surface area contributed by atoms with Crippen molar-refractivity contribution in [1.82, 2.24) is 0 Å². The molecule has 0 radical (unpaired) electrons. The van der Waals surface area contributed by atoms with Crippen molar-refractivity contribution in [2.75, 3.05) is 13.1 Å². The van der Waals surface area contributed by atoms with Gasteiger partial charge in [0.05, 0.1) is 0 Å². The molecule has 68 valence electrons. The van der Waals surface area contributed by atoms with Crippen LogP contribution in [-0.2, 0) is 0 Å². The normalized spacial score (nSPS) is 12.2. The first-order valence-corrected chi connectivity index (χ1v) is 4.33. The van der Waals surface area contributed by atoms with Crippen molar-refractivity contribution in [1.29, 1.82) is 0 Å². The van der Waals surface area contributed by atoms with E-state index >= 15 is 0 Å². The molecule has 0 fully saturated rings.